The highest BCUT2D eigenvalue weighted by molar-refractivity contribution is 5.69. The number of benzene rings is 1. The predicted octanol–water partition coefficient (Wildman–Crippen LogP) is 5.93. The fourth-order valence-corrected chi connectivity index (χ4v) is 5.08. The molecule has 1 aromatic carbocycles. The topological polar surface area (TPSA) is 85.6 Å². The summed E-state index contributed by atoms with van der Waals surface area (Å²) in [7, 11) is 1.49. The Bertz CT molecular complexity index is 1110. The summed E-state index contributed by atoms with van der Waals surface area (Å²) in [6.07, 6.45) is -8.89. The number of aromatic nitrogens is 4. The van der Waals surface area contributed by atoms with Crippen molar-refractivity contribution in [2.24, 2.45) is 0 Å². The van der Waals surface area contributed by atoms with Crippen molar-refractivity contribution >= 4 is 12.0 Å². The third kappa shape index (κ3) is 8.23. The van der Waals surface area contributed by atoms with E-state index in [1.54, 1.807) is 23.6 Å². The SMILES string of the molecule is CC[C@@H]1C[C@H](N(Cc2cc(C(F)(F)F)cc(C(F)(F)F)c2)c2nnn(CCOC)n2)C[C@H](CC)N1C(=O)OC(C)C. The minimum absolute atomic E-state index is 0.0555. The summed E-state index contributed by atoms with van der Waals surface area (Å²) in [5.41, 5.74) is -3.01. The quantitative estimate of drug-likeness (QED) is 0.315. The van der Waals surface area contributed by atoms with Crippen molar-refractivity contribution in [3.63, 3.8) is 0 Å². The van der Waals surface area contributed by atoms with Gasteiger partial charge in [0.15, 0.2) is 0 Å². The van der Waals surface area contributed by atoms with E-state index >= 15 is 0 Å². The van der Waals surface area contributed by atoms with Crippen LogP contribution < -0.4 is 4.90 Å². The number of halogens is 6. The minimum Gasteiger partial charge on any atom is -0.447 e. The Morgan fingerprint density at radius 2 is 1.59 bits per heavy atom. The molecular formula is C26H36F6N6O3. The van der Waals surface area contributed by atoms with E-state index in [1.807, 2.05) is 13.8 Å². The number of ether oxygens (including phenoxy) is 2. The Kier molecular flexibility index (Phi) is 10.5. The van der Waals surface area contributed by atoms with Crippen molar-refractivity contribution in [3.8, 4) is 0 Å². The van der Waals surface area contributed by atoms with Gasteiger partial charge in [0.05, 0.1) is 30.4 Å². The first-order valence-electron chi connectivity index (χ1n) is 13.5. The van der Waals surface area contributed by atoms with Crippen molar-refractivity contribution in [2.75, 3.05) is 18.6 Å². The fraction of sp³-hybridized carbons (Fsp3) is 0.692. The zero-order valence-electron chi connectivity index (χ0n) is 23.7. The van der Waals surface area contributed by atoms with E-state index in [2.05, 4.69) is 15.4 Å². The van der Waals surface area contributed by atoms with Gasteiger partial charge in [-0.2, -0.15) is 31.1 Å². The van der Waals surface area contributed by atoms with Gasteiger partial charge in [0.2, 0.25) is 0 Å². The first kappa shape index (κ1) is 32.4. The lowest BCUT2D eigenvalue weighted by Crippen LogP contribution is -2.57. The summed E-state index contributed by atoms with van der Waals surface area (Å²) >= 11 is 0. The number of likely N-dealkylation sites (tertiary alicyclic amines) is 1. The van der Waals surface area contributed by atoms with E-state index in [0.29, 0.717) is 37.8 Å². The summed E-state index contributed by atoms with van der Waals surface area (Å²) < 4.78 is 92.1. The molecule has 1 aromatic heterocycles. The van der Waals surface area contributed by atoms with Crippen molar-refractivity contribution in [1.29, 1.82) is 0 Å². The predicted molar refractivity (Wildman–Crippen MR) is 137 cm³/mol. The van der Waals surface area contributed by atoms with Gasteiger partial charge >= 0.3 is 18.4 Å². The average Bonchev–Trinajstić information content (AvgIpc) is 3.36. The zero-order valence-corrected chi connectivity index (χ0v) is 23.7. The molecule has 0 spiro atoms. The largest absolute Gasteiger partial charge is 0.447 e. The molecule has 2 aromatic rings. The summed E-state index contributed by atoms with van der Waals surface area (Å²) in [5.74, 6) is 0.0555. The van der Waals surface area contributed by atoms with E-state index in [1.165, 1.54) is 11.9 Å². The fourth-order valence-electron chi connectivity index (χ4n) is 5.08. The Hall–Kier alpha value is -3.10. The van der Waals surface area contributed by atoms with Crippen LogP contribution in [0.4, 0.5) is 37.1 Å². The highest BCUT2D eigenvalue weighted by atomic mass is 19.4. The number of amides is 1. The summed E-state index contributed by atoms with van der Waals surface area (Å²) in [6.45, 7) is 7.48. The molecule has 0 radical (unpaired) electrons. The molecule has 15 heteroatoms. The van der Waals surface area contributed by atoms with E-state index in [0.717, 1.165) is 0 Å². The van der Waals surface area contributed by atoms with Crippen LogP contribution in [-0.2, 0) is 34.9 Å². The molecule has 2 heterocycles. The third-order valence-electron chi connectivity index (χ3n) is 7.00. The number of anilines is 1. The molecule has 0 unspecified atom stereocenters. The van der Waals surface area contributed by atoms with Crippen LogP contribution in [0.1, 0.15) is 70.1 Å². The van der Waals surface area contributed by atoms with Crippen LogP contribution in [0.15, 0.2) is 18.2 Å². The maximum Gasteiger partial charge on any atom is 0.416 e. The first-order valence-corrected chi connectivity index (χ1v) is 13.5. The molecule has 0 bridgehead atoms. The van der Waals surface area contributed by atoms with Gasteiger partial charge in [0, 0.05) is 31.8 Å². The molecule has 9 nitrogen and oxygen atoms in total. The van der Waals surface area contributed by atoms with Crippen LogP contribution >= 0.6 is 0 Å². The third-order valence-corrected chi connectivity index (χ3v) is 7.00. The molecule has 3 atom stereocenters. The summed E-state index contributed by atoms with van der Waals surface area (Å²) in [6, 6.07) is 0.526. The van der Waals surface area contributed by atoms with E-state index in [-0.39, 0.29) is 55.5 Å². The highest BCUT2D eigenvalue weighted by Gasteiger charge is 2.42. The van der Waals surface area contributed by atoms with Crippen LogP contribution in [0.2, 0.25) is 0 Å². The summed E-state index contributed by atoms with van der Waals surface area (Å²) in [4.78, 5) is 17.5. The number of hydrogen-bond donors (Lipinski definition) is 0. The van der Waals surface area contributed by atoms with Crippen LogP contribution in [0.25, 0.3) is 0 Å². The van der Waals surface area contributed by atoms with Crippen LogP contribution in [0, 0.1) is 0 Å². The molecule has 1 saturated heterocycles. The molecule has 0 aliphatic carbocycles. The normalized spacial score (nSPS) is 20.0. The maximum atomic E-state index is 13.6. The number of nitrogens with zero attached hydrogens (tertiary/aromatic N) is 6. The Labute approximate surface area is 234 Å². The number of piperidine rings is 1. The van der Waals surface area contributed by atoms with Gasteiger partial charge in [-0.05, 0) is 68.5 Å². The van der Waals surface area contributed by atoms with Gasteiger partial charge < -0.3 is 19.3 Å². The van der Waals surface area contributed by atoms with Crippen molar-refractivity contribution < 1.29 is 40.6 Å². The van der Waals surface area contributed by atoms with Crippen molar-refractivity contribution in [1.82, 2.24) is 25.1 Å². The Balaban J connectivity index is 2.05. The first-order chi connectivity index (χ1) is 19.2. The molecule has 1 amide bonds. The van der Waals surface area contributed by atoms with E-state index in [9.17, 15) is 31.1 Å². The number of tetrazole rings is 1. The molecular weight excluding hydrogens is 558 g/mol. The molecule has 1 aliphatic rings. The van der Waals surface area contributed by atoms with E-state index < -0.39 is 35.6 Å². The molecule has 230 valence electrons. The van der Waals surface area contributed by atoms with Crippen LogP contribution in [-0.4, -0.2) is 69.1 Å². The number of carbonyl (C=O) groups excluding carboxylic acids is 1. The number of carbonyl (C=O) groups is 1. The van der Waals surface area contributed by atoms with Gasteiger partial charge in [0.25, 0.3) is 5.95 Å². The lowest BCUT2D eigenvalue weighted by atomic mass is 9.87. The zero-order chi connectivity index (χ0) is 30.5. The number of rotatable bonds is 10. The van der Waals surface area contributed by atoms with Gasteiger partial charge in [-0.3, -0.25) is 0 Å². The maximum absolute atomic E-state index is 13.6. The number of hydrogen-bond acceptors (Lipinski definition) is 7. The monoisotopic (exact) mass is 594 g/mol. The smallest absolute Gasteiger partial charge is 0.416 e. The van der Waals surface area contributed by atoms with Crippen LogP contribution in [0.3, 0.4) is 0 Å². The number of alkyl halides is 6. The molecule has 41 heavy (non-hydrogen) atoms. The van der Waals surface area contributed by atoms with Crippen LogP contribution in [0.5, 0.6) is 0 Å². The lowest BCUT2D eigenvalue weighted by molar-refractivity contribution is -0.143. The Morgan fingerprint density at radius 3 is 2.05 bits per heavy atom. The second kappa shape index (κ2) is 13.3. The average molecular weight is 595 g/mol. The second-order valence-electron chi connectivity index (χ2n) is 10.3. The van der Waals surface area contributed by atoms with Crippen molar-refractivity contribution in [3.05, 3.63) is 34.9 Å². The van der Waals surface area contributed by atoms with Gasteiger partial charge in [0.1, 0.15) is 0 Å². The molecule has 0 N–H and O–H groups in total. The lowest BCUT2D eigenvalue weighted by Gasteiger charge is -2.47. The molecule has 0 saturated carbocycles. The van der Waals surface area contributed by atoms with E-state index in [4.69, 9.17) is 9.47 Å². The standard InChI is InChI=1S/C26H36F6N6O3/c1-6-20-13-22(14-21(7-2)38(20)24(39)41-16(3)4)36(23-33-35-37(34-23)8-9-40-5)15-17-10-18(25(27,28)29)12-19(11-17)26(30,31)32/h10-12,16,20-22H,6-9,13-15H2,1-5H3/t20-,21+,22+. The molecule has 3 rings (SSSR count). The van der Waals surface area contributed by atoms with Gasteiger partial charge in [-0.1, -0.05) is 18.9 Å². The van der Waals surface area contributed by atoms with Gasteiger partial charge in [-0.25, -0.2) is 4.79 Å². The minimum atomic E-state index is -4.98. The Morgan fingerprint density at radius 1 is 1.02 bits per heavy atom. The number of methoxy groups -OCH3 is 1. The molecule has 1 fully saturated rings. The molecule has 1 aliphatic heterocycles. The second-order valence-corrected chi connectivity index (χ2v) is 10.3. The van der Waals surface area contributed by atoms with Gasteiger partial charge in [-0.15, -0.1) is 5.10 Å². The van der Waals surface area contributed by atoms with Crippen molar-refractivity contribution in [2.45, 2.75) is 103 Å². The summed E-state index contributed by atoms with van der Waals surface area (Å²) in [5, 5.41) is 12.4. The highest BCUT2D eigenvalue weighted by Crippen LogP contribution is 2.38.